The molecule has 3 aliphatic heterocycles. The van der Waals surface area contributed by atoms with E-state index < -0.39 is 0 Å². The second-order valence-electron chi connectivity index (χ2n) is 17.6. The summed E-state index contributed by atoms with van der Waals surface area (Å²) in [6.45, 7) is 29.6. The first-order valence-electron chi connectivity index (χ1n) is 22.8. The number of nitrogens with zero attached hydrogens (tertiary/aromatic N) is 5. The van der Waals surface area contributed by atoms with Crippen molar-refractivity contribution in [2.75, 3.05) is 17.2 Å². The SMILES string of the molecule is C=C1CCC(N2NCc3ccc(NCCCCCCCCCc4cccc(NC(=C)CC5N=C(c6ccc(Cl)cc6)C(C(C)=C(C)C)=C(C)n6c(C)nnc65)c4)cc3C2=C)C(=C)N1. The van der Waals surface area contributed by atoms with Gasteiger partial charge in [0.25, 0.3) is 0 Å². The van der Waals surface area contributed by atoms with Crippen LogP contribution in [-0.2, 0) is 13.0 Å². The lowest BCUT2D eigenvalue weighted by atomic mass is 9.92. The highest BCUT2D eigenvalue weighted by Gasteiger charge is 2.31. The van der Waals surface area contributed by atoms with Gasteiger partial charge < -0.3 is 16.0 Å². The summed E-state index contributed by atoms with van der Waals surface area (Å²) in [6, 6.07) is 23.2. The molecule has 4 N–H and O–H groups in total. The Labute approximate surface area is 380 Å². The standard InChI is InChI=1S/C53H66ClN9/c1-34(2)37(5)51-40(8)62-41(9)60-61-53(62)49(59-52(51)43-22-25-45(54)26-23-43)30-36(4)58-47-20-17-19-42(31-47)18-15-13-11-10-12-14-16-29-55-46-27-24-44-33-56-63(39(7)48(44)32-46)50-28-21-35(3)57-38(50)6/h17,19-20,22-27,31-32,49-50,55-58H,3-4,6-7,10-16,18,21,28-30,33H2,1-2,5,8-9H3. The van der Waals surface area contributed by atoms with Gasteiger partial charge in [0.1, 0.15) is 11.9 Å². The summed E-state index contributed by atoms with van der Waals surface area (Å²) in [5.41, 5.74) is 20.0. The number of hydrogen-bond acceptors (Lipinski definition) is 8. The molecule has 0 spiro atoms. The molecule has 3 aliphatic rings. The molecule has 10 heteroatoms. The molecule has 4 aromatic rings. The number of unbranched alkanes of at least 4 members (excludes halogenated alkanes) is 6. The minimum absolute atomic E-state index is 0.160. The van der Waals surface area contributed by atoms with Crippen LogP contribution in [0.3, 0.4) is 0 Å². The van der Waals surface area contributed by atoms with Crippen LogP contribution in [0.15, 0.2) is 132 Å². The monoisotopic (exact) mass is 864 g/mol. The van der Waals surface area contributed by atoms with Gasteiger partial charge in [-0.3, -0.25) is 14.6 Å². The van der Waals surface area contributed by atoms with Crippen molar-refractivity contribution in [2.24, 2.45) is 4.99 Å². The Balaban J connectivity index is 0.849. The van der Waals surface area contributed by atoms with Gasteiger partial charge in [0, 0.05) is 75.4 Å². The first-order valence-corrected chi connectivity index (χ1v) is 23.1. The third-order valence-electron chi connectivity index (χ3n) is 12.7. The maximum Gasteiger partial charge on any atom is 0.162 e. The number of hydrazine groups is 1. The Hall–Kier alpha value is -5.64. The number of nitrogens with one attached hydrogen (secondary N) is 4. The lowest BCUT2D eigenvalue weighted by Gasteiger charge is -2.42. The molecule has 7 rings (SSSR count). The van der Waals surface area contributed by atoms with Crippen LogP contribution in [0.1, 0.15) is 132 Å². The summed E-state index contributed by atoms with van der Waals surface area (Å²) < 4.78 is 2.16. The predicted octanol–water partition coefficient (Wildman–Crippen LogP) is 12.8. The Morgan fingerprint density at radius 3 is 2.37 bits per heavy atom. The van der Waals surface area contributed by atoms with Crippen molar-refractivity contribution in [3.05, 3.63) is 166 Å². The van der Waals surface area contributed by atoms with Crippen molar-refractivity contribution >= 4 is 40.1 Å². The van der Waals surface area contributed by atoms with Crippen molar-refractivity contribution in [1.82, 2.24) is 30.5 Å². The number of aromatic nitrogens is 3. The molecule has 0 aliphatic carbocycles. The largest absolute Gasteiger partial charge is 0.385 e. The van der Waals surface area contributed by atoms with Gasteiger partial charge in [-0.25, -0.2) is 5.43 Å². The van der Waals surface area contributed by atoms with Gasteiger partial charge in [-0.15, -0.1) is 10.2 Å². The summed E-state index contributed by atoms with van der Waals surface area (Å²) in [5.74, 6) is 1.65. The molecule has 9 nitrogen and oxygen atoms in total. The second-order valence-corrected chi connectivity index (χ2v) is 18.1. The maximum absolute atomic E-state index is 6.33. The number of anilines is 2. The molecule has 63 heavy (non-hydrogen) atoms. The van der Waals surface area contributed by atoms with Gasteiger partial charge in [0.15, 0.2) is 5.82 Å². The zero-order chi connectivity index (χ0) is 44.6. The lowest BCUT2D eigenvalue weighted by Crippen LogP contribution is -2.50. The van der Waals surface area contributed by atoms with Crippen molar-refractivity contribution < 1.29 is 0 Å². The third-order valence-corrected chi connectivity index (χ3v) is 12.9. The van der Waals surface area contributed by atoms with Crippen molar-refractivity contribution in [3.8, 4) is 0 Å². The molecule has 0 amide bonds. The van der Waals surface area contributed by atoms with Gasteiger partial charge in [-0.2, -0.15) is 0 Å². The Morgan fingerprint density at radius 1 is 0.873 bits per heavy atom. The van der Waals surface area contributed by atoms with Crippen LogP contribution in [0.4, 0.5) is 11.4 Å². The molecule has 0 saturated carbocycles. The molecule has 1 aromatic heterocycles. The number of piperidine rings is 1. The highest BCUT2D eigenvalue weighted by molar-refractivity contribution is 6.30. The van der Waals surface area contributed by atoms with Crippen LogP contribution in [-0.4, -0.2) is 38.1 Å². The summed E-state index contributed by atoms with van der Waals surface area (Å²) in [5, 5.41) is 22.7. The minimum Gasteiger partial charge on any atom is -0.385 e. The first-order chi connectivity index (χ1) is 30.4. The molecular formula is C53H66ClN9. The zero-order valence-corrected chi connectivity index (χ0v) is 38.9. The van der Waals surface area contributed by atoms with Gasteiger partial charge in [-0.05, 0) is 120 Å². The molecule has 4 heterocycles. The van der Waals surface area contributed by atoms with E-state index in [1.807, 2.05) is 31.2 Å². The summed E-state index contributed by atoms with van der Waals surface area (Å²) in [7, 11) is 0. The van der Waals surface area contributed by atoms with Crippen molar-refractivity contribution in [3.63, 3.8) is 0 Å². The third kappa shape index (κ3) is 10.9. The van der Waals surface area contributed by atoms with Gasteiger partial charge >= 0.3 is 0 Å². The van der Waals surface area contributed by atoms with E-state index in [1.165, 1.54) is 66.4 Å². The zero-order valence-electron chi connectivity index (χ0n) is 38.1. The van der Waals surface area contributed by atoms with Crippen LogP contribution in [0.25, 0.3) is 11.4 Å². The average molecular weight is 865 g/mol. The first kappa shape index (κ1) is 45.4. The number of halogens is 1. The molecule has 0 radical (unpaired) electrons. The van der Waals surface area contributed by atoms with Gasteiger partial charge in [0.05, 0.1) is 17.5 Å². The number of fused-ring (bicyclic) bond motifs is 2. The van der Waals surface area contributed by atoms with Crippen LogP contribution >= 0.6 is 11.6 Å². The summed E-state index contributed by atoms with van der Waals surface area (Å²) in [6.07, 6.45) is 12.2. The number of allylic oxidation sites excluding steroid dienone is 5. The number of rotatable bonds is 18. The fourth-order valence-corrected chi connectivity index (χ4v) is 9.17. The van der Waals surface area contributed by atoms with E-state index in [1.54, 1.807) is 0 Å². The van der Waals surface area contributed by atoms with Crippen molar-refractivity contribution in [2.45, 2.75) is 124 Å². The quantitative estimate of drug-likeness (QED) is 0.0740. The molecule has 3 aromatic carbocycles. The van der Waals surface area contributed by atoms with E-state index in [9.17, 15) is 0 Å². The number of aliphatic imine (C=N–C) groups is 1. The number of aryl methyl sites for hydroxylation is 2. The molecule has 0 bridgehead atoms. The van der Waals surface area contributed by atoms with E-state index in [-0.39, 0.29) is 12.1 Å². The van der Waals surface area contributed by atoms with Gasteiger partial charge in [0.2, 0.25) is 0 Å². The normalized spacial score (nSPS) is 17.4. The van der Waals surface area contributed by atoms with E-state index in [0.29, 0.717) is 11.4 Å². The van der Waals surface area contributed by atoms with Gasteiger partial charge in [-0.1, -0.05) is 106 Å². The highest BCUT2D eigenvalue weighted by atomic mass is 35.5. The van der Waals surface area contributed by atoms with Crippen LogP contribution < -0.4 is 21.4 Å². The van der Waals surface area contributed by atoms with Crippen LogP contribution in [0.2, 0.25) is 5.02 Å². The molecule has 2 unspecified atom stereocenters. The molecule has 1 fully saturated rings. The highest BCUT2D eigenvalue weighted by Crippen LogP contribution is 2.37. The minimum atomic E-state index is -0.290. The smallest absolute Gasteiger partial charge is 0.162 e. The molecule has 1 saturated heterocycles. The van der Waals surface area contributed by atoms with E-state index in [0.717, 1.165) is 107 Å². The fraction of sp³-hybridized carbons (Fsp3) is 0.377. The predicted molar refractivity (Wildman–Crippen MR) is 265 cm³/mol. The average Bonchev–Trinajstić information content (AvgIpc) is 3.60. The molecule has 330 valence electrons. The van der Waals surface area contributed by atoms with Crippen LogP contribution in [0.5, 0.6) is 0 Å². The van der Waals surface area contributed by atoms with E-state index >= 15 is 0 Å². The van der Waals surface area contributed by atoms with Crippen molar-refractivity contribution in [1.29, 1.82) is 0 Å². The Bertz CT molecular complexity index is 2450. The second kappa shape index (κ2) is 20.7. The molecule has 2 atom stereocenters. The fourth-order valence-electron chi connectivity index (χ4n) is 9.04. The topological polar surface area (TPSA) is 94.4 Å². The van der Waals surface area contributed by atoms with E-state index in [4.69, 9.17) is 16.6 Å². The van der Waals surface area contributed by atoms with Crippen LogP contribution in [0, 0.1) is 6.92 Å². The Kier molecular flexibility index (Phi) is 14.9. The Morgan fingerprint density at radius 2 is 1.62 bits per heavy atom. The maximum atomic E-state index is 6.33. The lowest BCUT2D eigenvalue weighted by molar-refractivity contribution is 0.202. The summed E-state index contributed by atoms with van der Waals surface area (Å²) in [4.78, 5) is 5.44. The summed E-state index contributed by atoms with van der Waals surface area (Å²) >= 11 is 6.33. The molecular weight excluding hydrogens is 798 g/mol. The van der Waals surface area contributed by atoms with E-state index in [2.05, 4.69) is 138 Å². The number of hydrogen-bond donors (Lipinski definition) is 4. The number of benzene rings is 3.